The van der Waals surface area contributed by atoms with Crippen LogP contribution >= 0.6 is 0 Å². The van der Waals surface area contributed by atoms with Crippen molar-refractivity contribution in [3.63, 3.8) is 0 Å². The summed E-state index contributed by atoms with van der Waals surface area (Å²) in [5.41, 5.74) is 0.306. The van der Waals surface area contributed by atoms with Gasteiger partial charge < -0.3 is 24.8 Å². The van der Waals surface area contributed by atoms with Gasteiger partial charge in [0.25, 0.3) is 5.91 Å². The smallest absolute Gasteiger partial charge is 0.387 e. The van der Waals surface area contributed by atoms with Gasteiger partial charge in [-0.05, 0) is 44.2 Å². The molecule has 0 unspecified atom stereocenters. The van der Waals surface area contributed by atoms with Gasteiger partial charge in [-0.1, -0.05) is 0 Å². The van der Waals surface area contributed by atoms with E-state index < -0.39 is 18.1 Å². The highest BCUT2D eigenvalue weighted by Crippen LogP contribution is 2.39. The van der Waals surface area contributed by atoms with E-state index in [9.17, 15) is 18.7 Å². The lowest BCUT2D eigenvalue weighted by Gasteiger charge is -2.36. The Balaban J connectivity index is 1.26. The van der Waals surface area contributed by atoms with Crippen molar-refractivity contribution in [3.05, 3.63) is 67.0 Å². The Morgan fingerprint density at radius 2 is 1.95 bits per heavy atom. The number of piperidine rings is 1. The van der Waals surface area contributed by atoms with E-state index in [1.807, 2.05) is 7.05 Å². The van der Waals surface area contributed by atoms with E-state index in [2.05, 4.69) is 30.5 Å². The van der Waals surface area contributed by atoms with Crippen molar-refractivity contribution >= 4 is 17.2 Å². The molecule has 0 atom stereocenters. The summed E-state index contributed by atoms with van der Waals surface area (Å²) in [7, 11) is 3.66. The SMILES string of the molecule is CN1CCC(O)(Cn2cc(Oc3ccc(OC(F)F)c(-c4nn(C)cc4NC(=O)c4cnn5cccnc45)c3)cn2)CC1. The summed E-state index contributed by atoms with van der Waals surface area (Å²) < 4.78 is 42.0. The Morgan fingerprint density at radius 1 is 1.14 bits per heavy atom. The van der Waals surface area contributed by atoms with E-state index in [0.29, 0.717) is 36.5 Å². The lowest BCUT2D eigenvalue weighted by Crippen LogP contribution is -2.45. The first-order valence-corrected chi connectivity index (χ1v) is 13.5. The zero-order valence-corrected chi connectivity index (χ0v) is 23.4. The highest BCUT2D eigenvalue weighted by molar-refractivity contribution is 6.09. The number of likely N-dealkylation sites (tertiary alicyclic amines) is 1. The number of amides is 1. The lowest BCUT2D eigenvalue weighted by molar-refractivity contribution is -0.0495. The standard InChI is InChI=1S/C28H29F2N9O4/c1-36-10-6-28(41,7-11-36)17-38-15-19(13-32-38)42-18-4-5-23(43-27(29)30)20(12-18)24-22(16-37(2)35-24)34-26(40)21-14-33-39-9-3-8-31-25(21)39/h3-5,8-9,12-16,27,41H,6-7,10-11,17H2,1-2H3,(H,34,40). The largest absolute Gasteiger partial charge is 0.454 e. The number of fused-ring (bicyclic) bond motifs is 1. The minimum atomic E-state index is -3.10. The van der Waals surface area contributed by atoms with Crippen molar-refractivity contribution in [1.29, 1.82) is 0 Å². The Labute approximate surface area is 244 Å². The summed E-state index contributed by atoms with van der Waals surface area (Å²) >= 11 is 0. The Kier molecular flexibility index (Phi) is 7.50. The van der Waals surface area contributed by atoms with E-state index in [-0.39, 0.29) is 28.3 Å². The molecule has 1 fully saturated rings. The zero-order chi connectivity index (χ0) is 30.1. The van der Waals surface area contributed by atoms with Gasteiger partial charge in [0.15, 0.2) is 11.4 Å². The number of aryl methyl sites for hydroxylation is 1. The lowest BCUT2D eigenvalue weighted by atomic mass is 9.92. The molecule has 0 spiro atoms. The van der Waals surface area contributed by atoms with Gasteiger partial charge in [-0.2, -0.15) is 24.1 Å². The molecule has 13 nitrogen and oxygen atoms in total. The number of carbonyl (C=O) groups is 1. The number of aromatic nitrogens is 7. The van der Waals surface area contributed by atoms with Crippen molar-refractivity contribution in [2.45, 2.75) is 31.6 Å². The predicted octanol–water partition coefficient (Wildman–Crippen LogP) is 3.43. The molecule has 1 aromatic carbocycles. The number of nitrogens with one attached hydrogen (secondary N) is 1. The molecule has 4 aromatic heterocycles. The fourth-order valence-corrected chi connectivity index (χ4v) is 5.03. The summed E-state index contributed by atoms with van der Waals surface area (Å²) in [5, 5.41) is 26.6. The minimum absolute atomic E-state index is 0.158. The number of nitrogens with zero attached hydrogens (tertiary/aromatic N) is 8. The van der Waals surface area contributed by atoms with E-state index in [1.54, 1.807) is 42.6 Å². The molecular formula is C28H29F2N9O4. The number of benzene rings is 1. The highest BCUT2D eigenvalue weighted by atomic mass is 19.3. The molecule has 224 valence electrons. The monoisotopic (exact) mass is 593 g/mol. The summed E-state index contributed by atoms with van der Waals surface area (Å²) in [4.78, 5) is 19.6. The van der Waals surface area contributed by atoms with Gasteiger partial charge in [0.1, 0.15) is 22.8 Å². The van der Waals surface area contributed by atoms with Gasteiger partial charge >= 0.3 is 6.61 Å². The number of anilines is 1. The van der Waals surface area contributed by atoms with E-state index in [0.717, 1.165) is 13.1 Å². The highest BCUT2D eigenvalue weighted by Gasteiger charge is 2.32. The minimum Gasteiger partial charge on any atom is -0.454 e. The van der Waals surface area contributed by atoms with Crippen molar-refractivity contribution < 1.29 is 28.2 Å². The van der Waals surface area contributed by atoms with Crippen molar-refractivity contribution in [2.24, 2.45) is 7.05 Å². The van der Waals surface area contributed by atoms with Crippen molar-refractivity contribution in [3.8, 4) is 28.5 Å². The number of alkyl halides is 2. The van der Waals surface area contributed by atoms with Crippen LogP contribution in [0.4, 0.5) is 14.5 Å². The maximum absolute atomic E-state index is 13.4. The first kappa shape index (κ1) is 28.2. The maximum Gasteiger partial charge on any atom is 0.387 e. The molecule has 0 bridgehead atoms. The van der Waals surface area contributed by atoms with Crippen LogP contribution in [0.3, 0.4) is 0 Å². The van der Waals surface area contributed by atoms with Crippen molar-refractivity contribution in [1.82, 2.24) is 39.1 Å². The van der Waals surface area contributed by atoms with Crippen LogP contribution in [0, 0.1) is 0 Å². The van der Waals surface area contributed by atoms with Gasteiger partial charge in [-0.15, -0.1) is 0 Å². The summed E-state index contributed by atoms with van der Waals surface area (Å²) in [5.74, 6) is 0.0174. The predicted molar refractivity (Wildman–Crippen MR) is 150 cm³/mol. The molecule has 15 heteroatoms. The molecular weight excluding hydrogens is 564 g/mol. The van der Waals surface area contributed by atoms with Crippen molar-refractivity contribution in [2.75, 3.05) is 25.5 Å². The average molecular weight is 594 g/mol. The Morgan fingerprint density at radius 3 is 2.74 bits per heavy atom. The molecule has 43 heavy (non-hydrogen) atoms. The first-order chi connectivity index (χ1) is 20.7. The molecule has 1 amide bonds. The van der Waals surface area contributed by atoms with Gasteiger partial charge in [0.05, 0.1) is 42.0 Å². The second-order valence-electron chi connectivity index (χ2n) is 10.5. The first-order valence-electron chi connectivity index (χ1n) is 13.5. The normalized spacial score (nSPS) is 15.2. The van der Waals surface area contributed by atoms with Crippen LogP contribution in [-0.2, 0) is 13.6 Å². The molecule has 5 aromatic rings. The molecule has 1 saturated heterocycles. The number of ether oxygens (including phenoxy) is 2. The quantitative estimate of drug-likeness (QED) is 0.263. The molecule has 1 aliphatic heterocycles. The Hall–Kier alpha value is -4.89. The number of aliphatic hydroxyl groups is 1. The average Bonchev–Trinajstić information content (AvgIpc) is 3.69. The topological polar surface area (TPSA) is 137 Å². The van der Waals surface area contributed by atoms with E-state index in [1.165, 1.54) is 39.8 Å². The third-order valence-electron chi connectivity index (χ3n) is 7.24. The van der Waals surface area contributed by atoms with Gasteiger partial charge in [-0.25, -0.2) is 9.50 Å². The third-order valence-corrected chi connectivity index (χ3v) is 7.24. The third kappa shape index (κ3) is 6.17. The van der Waals surface area contributed by atoms with Crippen LogP contribution in [0.2, 0.25) is 0 Å². The van der Waals surface area contributed by atoms with Gasteiger partial charge in [0.2, 0.25) is 0 Å². The van der Waals surface area contributed by atoms with Crippen LogP contribution < -0.4 is 14.8 Å². The fourth-order valence-electron chi connectivity index (χ4n) is 5.03. The number of hydrogen-bond acceptors (Lipinski definition) is 9. The van der Waals surface area contributed by atoms with Crippen LogP contribution in [-0.4, -0.2) is 82.4 Å². The van der Waals surface area contributed by atoms with Crippen LogP contribution in [0.1, 0.15) is 23.2 Å². The molecule has 0 aliphatic carbocycles. The fraction of sp³-hybridized carbons (Fsp3) is 0.321. The molecule has 2 N–H and O–H groups in total. The molecule has 0 radical (unpaired) electrons. The molecule has 6 rings (SSSR count). The van der Waals surface area contributed by atoms with Gasteiger partial charge in [0, 0.05) is 38.7 Å². The molecule has 1 aliphatic rings. The summed E-state index contributed by atoms with van der Waals surface area (Å²) in [6.07, 6.45) is 10.6. The summed E-state index contributed by atoms with van der Waals surface area (Å²) in [6.45, 7) is -1.19. The second kappa shape index (κ2) is 11.4. The number of rotatable bonds is 9. The van der Waals surface area contributed by atoms with Gasteiger partial charge in [-0.3, -0.25) is 14.2 Å². The van der Waals surface area contributed by atoms with Crippen LogP contribution in [0.15, 0.2) is 61.4 Å². The van der Waals surface area contributed by atoms with E-state index in [4.69, 9.17) is 9.47 Å². The summed E-state index contributed by atoms with van der Waals surface area (Å²) in [6, 6.07) is 6.01. The number of halogens is 2. The Bertz CT molecular complexity index is 1760. The molecule has 0 saturated carbocycles. The number of carbonyl (C=O) groups excluding carboxylic acids is 1. The zero-order valence-electron chi connectivity index (χ0n) is 23.4. The number of hydrogen-bond donors (Lipinski definition) is 2. The maximum atomic E-state index is 13.4. The van der Waals surface area contributed by atoms with Crippen LogP contribution in [0.5, 0.6) is 17.2 Å². The second-order valence-corrected chi connectivity index (χ2v) is 10.5. The molecule has 5 heterocycles. The van der Waals surface area contributed by atoms with E-state index >= 15 is 0 Å². The van der Waals surface area contributed by atoms with Crippen LogP contribution in [0.25, 0.3) is 16.9 Å².